The van der Waals surface area contributed by atoms with E-state index in [0.717, 1.165) is 12.0 Å². The van der Waals surface area contributed by atoms with Crippen molar-refractivity contribution in [2.75, 3.05) is 7.05 Å². The van der Waals surface area contributed by atoms with E-state index >= 15 is 0 Å². The highest BCUT2D eigenvalue weighted by Crippen LogP contribution is 2.31. The second-order valence-corrected chi connectivity index (χ2v) is 6.72. The molecule has 106 valence electrons. The largest absolute Gasteiger partial charge is 0.326 e. The fourth-order valence-corrected chi connectivity index (χ4v) is 4.15. The third-order valence-electron chi connectivity index (χ3n) is 5.39. The van der Waals surface area contributed by atoms with Crippen molar-refractivity contribution in [1.29, 1.82) is 0 Å². The maximum absolute atomic E-state index is 6.46. The van der Waals surface area contributed by atoms with Crippen LogP contribution in [0.5, 0.6) is 0 Å². The molecule has 4 atom stereocenters. The molecule has 2 aliphatic carbocycles. The van der Waals surface area contributed by atoms with Crippen LogP contribution < -0.4 is 5.73 Å². The summed E-state index contributed by atoms with van der Waals surface area (Å²) in [6.07, 6.45) is 13.7. The van der Waals surface area contributed by atoms with Gasteiger partial charge >= 0.3 is 0 Å². The average molecular weight is 252 g/mol. The van der Waals surface area contributed by atoms with Crippen LogP contribution in [0.1, 0.15) is 71.1 Å². The van der Waals surface area contributed by atoms with Crippen LogP contribution in [-0.2, 0) is 0 Å². The minimum absolute atomic E-state index is 0.407. The first-order valence-corrected chi connectivity index (χ1v) is 8.17. The molecule has 0 heterocycles. The van der Waals surface area contributed by atoms with E-state index in [9.17, 15) is 0 Å². The number of hydrogen-bond donors (Lipinski definition) is 1. The zero-order valence-corrected chi connectivity index (χ0v) is 12.4. The van der Waals surface area contributed by atoms with E-state index in [-0.39, 0.29) is 0 Å². The summed E-state index contributed by atoms with van der Waals surface area (Å²) in [7, 11) is 2.35. The molecule has 0 amide bonds. The zero-order valence-electron chi connectivity index (χ0n) is 12.4. The van der Waals surface area contributed by atoms with Gasteiger partial charge in [0, 0.05) is 18.1 Å². The minimum atomic E-state index is 0.407. The quantitative estimate of drug-likeness (QED) is 0.814. The molecule has 0 saturated heterocycles. The van der Waals surface area contributed by atoms with Gasteiger partial charge in [0.1, 0.15) is 0 Å². The Labute approximate surface area is 113 Å². The Kier molecular flexibility index (Phi) is 5.50. The lowest BCUT2D eigenvalue weighted by molar-refractivity contribution is 0.0731. The van der Waals surface area contributed by atoms with Gasteiger partial charge in [-0.15, -0.1) is 0 Å². The zero-order chi connectivity index (χ0) is 13.0. The van der Waals surface area contributed by atoms with E-state index in [4.69, 9.17) is 5.73 Å². The van der Waals surface area contributed by atoms with Gasteiger partial charge in [0.05, 0.1) is 0 Å². The summed E-state index contributed by atoms with van der Waals surface area (Å²) < 4.78 is 0. The first-order chi connectivity index (χ1) is 8.70. The van der Waals surface area contributed by atoms with Gasteiger partial charge in [-0.1, -0.05) is 45.4 Å². The van der Waals surface area contributed by atoms with Crippen molar-refractivity contribution in [2.24, 2.45) is 11.7 Å². The van der Waals surface area contributed by atoms with Crippen molar-refractivity contribution in [1.82, 2.24) is 4.90 Å². The molecule has 2 rings (SSSR count). The number of hydrogen-bond acceptors (Lipinski definition) is 2. The lowest BCUT2D eigenvalue weighted by Crippen LogP contribution is -2.52. The molecule has 2 heteroatoms. The van der Waals surface area contributed by atoms with Gasteiger partial charge in [0.25, 0.3) is 0 Å². The molecule has 4 unspecified atom stereocenters. The predicted molar refractivity (Wildman–Crippen MR) is 78.6 cm³/mol. The molecular formula is C16H32N2. The van der Waals surface area contributed by atoms with Crippen molar-refractivity contribution in [3.63, 3.8) is 0 Å². The summed E-state index contributed by atoms with van der Waals surface area (Å²) in [6.45, 7) is 2.44. The number of nitrogens with zero attached hydrogens (tertiary/aromatic N) is 1. The van der Waals surface area contributed by atoms with Crippen LogP contribution in [0.15, 0.2) is 0 Å². The average Bonchev–Trinajstić information content (AvgIpc) is 2.34. The van der Waals surface area contributed by atoms with E-state index in [1.165, 1.54) is 64.2 Å². The number of rotatable bonds is 2. The second kappa shape index (κ2) is 6.91. The molecule has 0 radical (unpaired) electrons. The van der Waals surface area contributed by atoms with Crippen LogP contribution in [0.4, 0.5) is 0 Å². The number of nitrogens with two attached hydrogens (primary N) is 1. The smallest absolute Gasteiger partial charge is 0.0247 e. The maximum Gasteiger partial charge on any atom is 0.0247 e. The lowest BCUT2D eigenvalue weighted by atomic mass is 9.82. The molecule has 0 spiro atoms. The molecule has 0 bridgehead atoms. The predicted octanol–water partition coefficient (Wildman–Crippen LogP) is 3.55. The van der Waals surface area contributed by atoms with Crippen LogP contribution in [-0.4, -0.2) is 30.1 Å². The molecule has 0 aromatic rings. The van der Waals surface area contributed by atoms with Gasteiger partial charge in [-0.3, -0.25) is 4.90 Å². The lowest BCUT2D eigenvalue weighted by Gasteiger charge is -2.43. The molecule has 0 aliphatic heterocycles. The summed E-state index contributed by atoms with van der Waals surface area (Å²) in [4.78, 5) is 2.67. The molecule has 2 N–H and O–H groups in total. The molecule has 2 saturated carbocycles. The van der Waals surface area contributed by atoms with E-state index in [1.807, 2.05) is 0 Å². The van der Waals surface area contributed by atoms with Gasteiger partial charge in [0.2, 0.25) is 0 Å². The molecule has 18 heavy (non-hydrogen) atoms. The molecule has 2 nitrogen and oxygen atoms in total. The standard InChI is InChI=1S/C16H32N2/c1-13-9-7-8-11-15(13)18(2)16-12-6-4-3-5-10-14(16)17/h13-16H,3-12,17H2,1-2H3. The Balaban J connectivity index is 1.97. The fourth-order valence-electron chi connectivity index (χ4n) is 4.15. The first kappa shape index (κ1) is 14.3. The normalized spacial score (nSPS) is 39.3. The molecular weight excluding hydrogens is 220 g/mol. The van der Waals surface area contributed by atoms with Crippen molar-refractivity contribution < 1.29 is 0 Å². The summed E-state index contributed by atoms with van der Waals surface area (Å²) >= 11 is 0. The third kappa shape index (κ3) is 3.48. The maximum atomic E-state index is 6.46. The van der Waals surface area contributed by atoms with Crippen molar-refractivity contribution >= 4 is 0 Å². The third-order valence-corrected chi connectivity index (χ3v) is 5.39. The van der Waals surface area contributed by atoms with Crippen molar-refractivity contribution in [3.8, 4) is 0 Å². The Morgan fingerprint density at radius 2 is 1.33 bits per heavy atom. The van der Waals surface area contributed by atoms with Crippen LogP contribution in [0.25, 0.3) is 0 Å². The fraction of sp³-hybridized carbons (Fsp3) is 1.00. The Bertz CT molecular complexity index is 241. The van der Waals surface area contributed by atoms with Gasteiger partial charge < -0.3 is 5.73 Å². The number of likely N-dealkylation sites (N-methyl/N-ethyl adjacent to an activating group) is 1. The second-order valence-electron chi connectivity index (χ2n) is 6.72. The Hall–Kier alpha value is -0.0800. The molecule has 0 aromatic heterocycles. The van der Waals surface area contributed by atoms with Gasteiger partial charge in [0.15, 0.2) is 0 Å². The summed E-state index contributed by atoms with van der Waals surface area (Å²) in [5, 5.41) is 0. The van der Waals surface area contributed by atoms with E-state index in [2.05, 4.69) is 18.9 Å². The van der Waals surface area contributed by atoms with Gasteiger partial charge in [-0.05, 0) is 38.6 Å². The topological polar surface area (TPSA) is 29.3 Å². The summed E-state index contributed by atoms with van der Waals surface area (Å²) in [6, 6.07) is 1.83. The van der Waals surface area contributed by atoms with E-state index in [1.54, 1.807) is 0 Å². The van der Waals surface area contributed by atoms with Crippen LogP contribution >= 0.6 is 0 Å². The minimum Gasteiger partial charge on any atom is -0.326 e. The first-order valence-electron chi connectivity index (χ1n) is 8.17. The highest BCUT2D eigenvalue weighted by atomic mass is 15.2. The summed E-state index contributed by atoms with van der Waals surface area (Å²) in [5.41, 5.74) is 6.46. The molecule has 0 aromatic carbocycles. The van der Waals surface area contributed by atoms with Gasteiger partial charge in [-0.2, -0.15) is 0 Å². The monoisotopic (exact) mass is 252 g/mol. The van der Waals surface area contributed by atoms with Crippen molar-refractivity contribution in [3.05, 3.63) is 0 Å². The Morgan fingerprint density at radius 3 is 2.06 bits per heavy atom. The SMILES string of the molecule is CC1CCCCC1N(C)C1CCCCCCC1N. The van der Waals surface area contributed by atoms with E-state index in [0.29, 0.717) is 12.1 Å². The Morgan fingerprint density at radius 1 is 0.778 bits per heavy atom. The van der Waals surface area contributed by atoms with Crippen LogP contribution in [0.3, 0.4) is 0 Å². The summed E-state index contributed by atoms with van der Waals surface area (Å²) in [5.74, 6) is 0.862. The van der Waals surface area contributed by atoms with Crippen LogP contribution in [0, 0.1) is 5.92 Å². The molecule has 2 fully saturated rings. The van der Waals surface area contributed by atoms with Crippen LogP contribution in [0.2, 0.25) is 0 Å². The highest BCUT2D eigenvalue weighted by molar-refractivity contribution is 4.89. The van der Waals surface area contributed by atoms with Crippen molar-refractivity contribution in [2.45, 2.75) is 89.3 Å². The molecule has 2 aliphatic rings. The van der Waals surface area contributed by atoms with Gasteiger partial charge in [-0.25, -0.2) is 0 Å². The highest BCUT2D eigenvalue weighted by Gasteiger charge is 2.32. The van der Waals surface area contributed by atoms with E-state index < -0.39 is 0 Å².